The molecule has 0 amide bonds. The average molecular weight is 312 g/mol. The molecule has 3 nitrogen and oxygen atoms in total. The van der Waals surface area contributed by atoms with Crippen molar-refractivity contribution in [2.75, 3.05) is 0 Å². The van der Waals surface area contributed by atoms with E-state index in [2.05, 4.69) is 0 Å². The molecule has 0 spiro atoms. The lowest BCUT2D eigenvalue weighted by molar-refractivity contribution is -0.144. The van der Waals surface area contributed by atoms with Gasteiger partial charge in [0, 0.05) is 0 Å². The minimum atomic E-state index is -4.51. The Morgan fingerprint density at radius 3 is 2.30 bits per heavy atom. The summed E-state index contributed by atoms with van der Waals surface area (Å²) in [6, 6.07) is 4.20. The first-order chi connectivity index (χ1) is 8.71. The molecule has 0 bridgehead atoms. The highest BCUT2D eigenvalue weighted by molar-refractivity contribution is 5.85. The number of hydrogen-bond donors (Lipinski definition) is 2. The van der Waals surface area contributed by atoms with Crippen LogP contribution in [0, 0.1) is 0 Å². The van der Waals surface area contributed by atoms with Gasteiger partial charge in [0.2, 0.25) is 0 Å². The van der Waals surface area contributed by atoms with Gasteiger partial charge in [0.15, 0.2) is 0 Å². The van der Waals surface area contributed by atoms with Gasteiger partial charge >= 0.3 is 12.1 Å². The Hall–Kier alpha value is -1.27. The number of aliphatic carboxylic acids is 1. The van der Waals surface area contributed by atoms with Crippen LogP contribution in [-0.4, -0.2) is 11.1 Å². The van der Waals surface area contributed by atoms with E-state index < -0.39 is 23.2 Å². The first-order valence-corrected chi connectivity index (χ1v) is 5.92. The van der Waals surface area contributed by atoms with Crippen LogP contribution in [0.4, 0.5) is 13.2 Å². The zero-order valence-corrected chi connectivity index (χ0v) is 11.7. The quantitative estimate of drug-likeness (QED) is 0.874. The summed E-state index contributed by atoms with van der Waals surface area (Å²) in [4.78, 5) is 11.3. The number of unbranched alkanes of at least 4 members (excludes halogenated alkanes) is 1. The van der Waals surface area contributed by atoms with E-state index in [1.165, 1.54) is 12.1 Å². The highest BCUT2D eigenvalue weighted by Gasteiger charge is 2.38. The first kappa shape index (κ1) is 18.7. The van der Waals surface area contributed by atoms with Gasteiger partial charge in [-0.3, -0.25) is 0 Å². The van der Waals surface area contributed by atoms with Crippen LogP contribution >= 0.6 is 12.4 Å². The number of halogens is 4. The van der Waals surface area contributed by atoms with E-state index in [9.17, 15) is 23.1 Å². The van der Waals surface area contributed by atoms with Gasteiger partial charge in [-0.25, -0.2) is 4.79 Å². The molecule has 0 saturated heterocycles. The third-order valence-corrected chi connectivity index (χ3v) is 3.01. The van der Waals surface area contributed by atoms with Gasteiger partial charge in [0.1, 0.15) is 5.54 Å². The molecule has 1 atom stereocenters. The lowest BCUT2D eigenvalue weighted by Crippen LogP contribution is -2.45. The standard InChI is InChI=1S/C13H16F3NO2.ClH/c1-2-3-7-12(17,11(18)19)9-5-4-6-10(8-9)13(14,15)16;/h4-6,8H,2-3,7,17H2,1H3,(H,18,19);1H. The van der Waals surface area contributed by atoms with Gasteiger partial charge in [-0.2, -0.15) is 13.2 Å². The lowest BCUT2D eigenvalue weighted by Gasteiger charge is -2.25. The summed E-state index contributed by atoms with van der Waals surface area (Å²) >= 11 is 0. The van der Waals surface area contributed by atoms with E-state index >= 15 is 0 Å². The van der Waals surface area contributed by atoms with E-state index in [1.54, 1.807) is 0 Å². The molecule has 0 aliphatic rings. The smallest absolute Gasteiger partial charge is 0.416 e. The summed E-state index contributed by atoms with van der Waals surface area (Å²) in [5, 5.41) is 9.20. The molecule has 0 radical (unpaired) electrons. The van der Waals surface area contributed by atoms with Crippen LogP contribution in [0.15, 0.2) is 24.3 Å². The molecular formula is C13H17ClF3NO2. The maximum absolute atomic E-state index is 12.6. The third-order valence-electron chi connectivity index (χ3n) is 3.01. The Morgan fingerprint density at radius 1 is 1.30 bits per heavy atom. The van der Waals surface area contributed by atoms with E-state index in [0.717, 1.165) is 12.1 Å². The molecule has 1 rings (SSSR count). The van der Waals surface area contributed by atoms with Crippen molar-refractivity contribution in [1.82, 2.24) is 0 Å². The third kappa shape index (κ3) is 4.11. The van der Waals surface area contributed by atoms with Crippen molar-refractivity contribution >= 4 is 18.4 Å². The molecule has 20 heavy (non-hydrogen) atoms. The van der Waals surface area contributed by atoms with Crippen molar-refractivity contribution in [2.24, 2.45) is 5.73 Å². The molecule has 0 aliphatic heterocycles. The molecule has 0 heterocycles. The molecule has 7 heteroatoms. The molecule has 1 unspecified atom stereocenters. The summed E-state index contributed by atoms with van der Waals surface area (Å²) in [5.41, 5.74) is 3.10. The number of rotatable bonds is 5. The molecule has 0 aliphatic carbocycles. The topological polar surface area (TPSA) is 63.3 Å². The molecular weight excluding hydrogens is 295 g/mol. The Morgan fingerprint density at radius 2 is 1.85 bits per heavy atom. The fourth-order valence-corrected chi connectivity index (χ4v) is 1.80. The molecule has 0 fully saturated rings. The lowest BCUT2D eigenvalue weighted by atomic mass is 9.85. The number of benzene rings is 1. The number of carboxylic acid groups (broad SMARTS) is 1. The van der Waals surface area contributed by atoms with Gasteiger partial charge in [-0.15, -0.1) is 12.4 Å². The zero-order chi connectivity index (χ0) is 14.7. The van der Waals surface area contributed by atoms with E-state index in [1.807, 2.05) is 6.92 Å². The Labute approximate surface area is 121 Å². The van der Waals surface area contributed by atoms with Crippen molar-refractivity contribution in [3.8, 4) is 0 Å². The van der Waals surface area contributed by atoms with Crippen molar-refractivity contribution in [2.45, 2.75) is 37.9 Å². The van der Waals surface area contributed by atoms with Crippen molar-refractivity contribution < 1.29 is 23.1 Å². The predicted molar refractivity (Wildman–Crippen MR) is 71.7 cm³/mol. The number of hydrogen-bond acceptors (Lipinski definition) is 2. The van der Waals surface area contributed by atoms with Crippen LogP contribution in [0.2, 0.25) is 0 Å². The first-order valence-electron chi connectivity index (χ1n) is 5.92. The highest BCUT2D eigenvalue weighted by atomic mass is 35.5. The fraction of sp³-hybridized carbons (Fsp3) is 0.462. The molecule has 0 saturated carbocycles. The summed E-state index contributed by atoms with van der Waals surface area (Å²) in [6.45, 7) is 1.86. The van der Waals surface area contributed by atoms with Crippen LogP contribution in [0.25, 0.3) is 0 Å². The van der Waals surface area contributed by atoms with Crippen molar-refractivity contribution in [3.63, 3.8) is 0 Å². The van der Waals surface area contributed by atoms with Crippen molar-refractivity contribution in [1.29, 1.82) is 0 Å². The Bertz CT molecular complexity index is 465. The molecule has 1 aromatic rings. The summed E-state index contributed by atoms with van der Waals surface area (Å²) in [7, 11) is 0. The zero-order valence-electron chi connectivity index (χ0n) is 10.9. The van der Waals surface area contributed by atoms with Crippen LogP contribution < -0.4 is 5.73 Å². The monoisotopic (exact) mass is 311 g/mol. The molecule has 1 aromatic carbocycles. The van der Waals surface area contributed by atoms with Gasteiger partial charge < -0.3 is 10.8 Å². The van der Waals surface area contributed by atoms with E-state index in [-0.39, 0.29) is 24.4 Å². The highest BCUT2D eigenvalue weighted by Crippen LogP contribution is 2.33. The van der Waals surface area contributed by atoms with Gasteiger partial charge in [-0.1, -0.05) is 31.9 Å². The SMILES string of the molecule is CCCCC(N)(C(=O)O)c1cccc(C(F)(F)F)c1.Cl. The number of alkyl halides is 3. The Kier molecular flexibility index (Phi) is 6.50. The minimum Gasteiger partial charge on any atom is -0.480 e. The number of carbonyl (C=O) groups is 1. The predicted octanol–water partition coefficient (Wildman–Crippen LogP) is 3.56. The Balaban J connectivity index is 0.00000361. The minimum absolute atomic E-state index is 0. The fourth-order valence-electron chi connectivity index (χ4n) is 1.80. The van der Waals surface area contributed by atoms with E-state index in [0.29, 0.717) is 12.8 Å². The van der Waals surface area contributed by atoms with Gasteiger partial charge in [0.25, 0.3) is 0 Å². The second-order valence-corrected chi connectivity index (χ2v) is 4.46. The summed E-state index contributed by atoms with van der Waals surface area (Å²) in [5.74, 6) is -1.32. The van der Waals surface area contributed by atoms with Gasteiger partial charge in [0.05, 0.1) is 5.56 Å². The normalized spacial score (nSPS) is 14.2. The molecule has 0 aromatic heterocycles. The maximum atomic E-state index is 12.6. The van der Waals surface area contributed by atoms with Crippen LogP contribution in [-0.2, 0) is 16.5 Å². The molecule has 3 N–H and O–H groups in total. The largest absolute Gasteiger partial charge is 0.480 e. The maximum Gasteiger partial charge on any atom is 0.416 e. The second-order valence-electron chi connectivity index (χ2n) is 4.46. The van der Waals surface area contributed by atoms with E-state index in [4.69, 9.17) is 5.73 Å². The average Bonchev–Trinajstić information content (AvgIpc) is 2.34. The summed E-state index contributed by atoms with van der Waals surface area (Å²) < 4.78 is 37.9. The number of nitrogens with two attached hydrogens (primary N) is 1. The molecule has 114 valence electrons. The summed E-state index contributed by atoms with van der Waals surface area (Å²) in [6.07, 6.45) is -3.18. The van der Waals surface area contributed by atoms with Crippen molar-refractivity contribution in [3.05, 3.63) is 35.4 Å². The van der Waals surface area contributed by atoms with Gasteiger partial charge in [-0.05, 0) is 24.1 Å². The van der Waals surface area contributed by atoms with Crippen LogP contribution in [0.1, 0.15) is 37.3 Å². The van der Waals surface area contributed by atoms with Crippen LogP contribution in [0.3, 0.4) is 0 Å². The van der Waals surface area contributed by atoms with Crippen LogP contribution in [0.5, 0.6) is 0 Å². The second kappa shape index (κ2) is 6.95. The number of carboxylic acids is 1.